The van der Waals surface area contributed by atoms with E-state index < -0.39 is 0 Å². The maximum atomic E-state index is 12.3. The summed E-state index contributed by atoms with van der Waals surface area (Å²) in [6.07, 6.45) is 0. The van der Waals surface area contributed by atoms with Crippen LogP contribution in [0.4, 0.5) is 0 Å². The molecule has 0 bridgehead atoms. The lowest BCUT2D eigenvalue weighted by atomic mass is 10.1. The monoisotopic (exact) mass is 392 g/mol. The van der Waals surface area contributed by atoms with Crippen LogP contribution in [0.5, 0.6) is 0 Å². The molecule has 0 saturated carbocycles. The van der Waals surface area contributed by atoms with Crippen molar-refractivity contribution < 1.29 is 9.59 Å². The average Bonchev–Trinajstić information content (AvgIpc) is 2.72. The molecule has 3 rings (SSSR count). The van der Waals surface area contributed by atoms with Gasteiger partial charge in [-0.2, -0.15) is 0 Å². The van der Waals surface area contributed by atoms with Gasteiger partial charge in [0.15, 0.2) is 0 Å². The van der Waals surface area contributed by atoms with E-state index in [0.717, 1.165) is 16.7 Å². The van der Waals surface area contributed by atoms with Crippen LogP contribution in [0.1, 0.15) is 37.4 Å². The second-order valence-electron chi connectivity index (χ2n) is 6.46. The molecule has 0 aromatic heterocycles. The highest BCUT2D eigenvalue weighted by atomic mass is 35.5. The molecule has 28 heavy (non-hydrogen) atoms. The first kappa shape index (κ1) is 19.6. The van der Waals surface area contributed by atoms with Gasteiger partial charge >= 0.3 is 0 Å². The molecule has 0 spiro atoms. The van der Waals surface area contributed by atoms with Crippen LogP contribution in [0, 0.1) is 6.92 Å². The summed E-state index contributed by atoms with van der Waals surface area (Å²) in [5, 5.41) is 6.35. The molecule has 3 aromatic carbocycles. The predicted octanol–water partition coefficient (Wildman–Crippen LogP) is 4.51. The van der Waals surface area contributed by atoms with Gasteiger partial charge in [0.2, 0.25) is 0 Å². The van der Waals surface area contributed by atoms with Gasteiger partial charge in [0.25, 0.3) is 11.8 Å². The number of amides is 2. The SMILES string of the molecule is Cc1ccccc1CNC(=O)c1ccc(C(=O)NCc2ccccc2Cl)cc1. The van der Waals surface area contributed by atoms with E-state index in [1.807, 2.05) is 49.4 Å². The Bertz CT molecular complexity index is 903. The molecule has 0 aliphatic rings. The summed E-state index contributed by atoms with van der Waals surface area (Å²) >= 11 is 6.10. The third-order valence-electron chi connectivity index (χ3n) is 4.51. The van der Waals surface area contributed by atoms with Crippen molar-refractivity contribution in [2.24, 2.45) is 0 Å². The molecule has 4 nitrogen and oxygen atoms in total. The fourth-order valence-electron chi connectivity index (χ4n) is 2.78. The molecule has 0 radical (unpaired) electrons. The fraction of sp³-hybridized carbons (Fsp3) is 0.130. The quantitative estimate of drug-likeness (QED) is 0.648. The van der Waals surface area contributed by atoms with E-state index in [2.05, 4.69) is 10.6 Å². The first-order valence-corrected chi connectivity index (χ1v) is 9.37. The fourth-order valence-corrected chi connectivity index (χ4v) is 2.98. The van der Waals surface area contributed by atoms with Gasteiger partial charge in [0.1, 0.15) is 0 Å². The number of hydrogen-bond acceptors (Lipinski definition) is 2. The van der Waals surface area contributed by atoms with E-state index in [4.69, 9.17) is 11.6 Å². The second-order valence-corrected chi connectivity index (χ2v) is 6.87. The molecule has 0 atom stereocenters. The summed E-state index contributed by atoms with van der Waals surface area (Å²) in [6.45, 7) is 2.82. The Balaban J connectivity index is 1.56. The number of carbonyl (C=O) groups is 2. The normalized spacial score (nSPS) is 10.4. The van der Waals surface area contributed by atoms with E-state index in [9.17, 15) is 9.59 Å². The summed E-state index contributed by atoms with van der Waals surface area (Å²) < 4.78 is 0. The van der Waals surface area contributed by atoms with Crippen molar-refractivity contribution in [3.05, 3.63) is 106 Å². The number of halogens is 1. The molecule has 0 unspecified atom stereocenters. The predicted molar refractivity (Wildman–Crippen MR) is 111 cm³/mol. The lowest BCUT2D eigenvalue weighted by molar-refractivity contribution is 0.0939. The molecule has 142 valence electrons. The summed E-state index contributed by atoms with van der Waals surface area (Å²) in [5.74, 6) is -0.391. The van der Waals surface area contributed by atoms with Gasteiger partial charge < -0.3 is 10.6 Å². The average molecular weight is 393 g/mol. The highest BCUT2D eigenvalue weighted by molar-refractivity contribution is 6.31. The molecular formula is C23H21ClN2O2. The molecule has 0 saturated heterocycles. The van der Waals surface area contributed by atoms with Gasteiger partial charge in [-0.05, 0) is 53.9 Å². The highest BCUT2D eigenvalue weighted by Crippen LogP contribution is 2.15. The molecule has 2 amide bonds. The van der Waals surface area contributed by atoms with Crippen LogP contribution in [0.25, 0.3) is 0 Å². The molecule has 0 fully saturated rings. The van der Waals surface area contributed by atoms with E-state index in [-0.39, 0.29) is 11.8 Å². The molecule has 0 heterocycles. The van der Waals surface area contributed by atoms with Gasteiger partial charge in [0.05, 0.1) is 0 Å². The number of hydrogen-bond donors (Lipinski definition) is 2. The lowest BCUT2D eigenvalue weighted by Gasteiger charge is -2.09. The van der Waals surface area contributed by atoms with Crippen molar-refractivity contribution in [1.82, 2.24) is 10.6 Å². The maximum absolute atomic E-state index is 12.3. The smallest absolute Gasteiger partial charge is 0.251 e. The Morgan fingerprint density at radius 1 is 0.714 bits per heavy atom. The summed E-state index contributed by atoms with van der Waals surface area (Å²) in [7, 11) is 0. The number of nitrogens with one attached hydrogen (secondary N) is 2. The molecular weight excluding hydrogens is 372 g/mol. The largest absolute Gasteiger partial charge is 0.348 e. The Morgan fingerprint density at radius 2 is 1.18 bits per heavy atom. The Hall–Kier alpha value is -3.11. The standard InChI is InChI=1S/C23H21ClN2O2/c1-16-6-2-3-7-19(16)14-25-22(27)17-10-12-18(13-11-17)23(28)26-15-20-8-4-5-9-21(20)24/h2-13H,14-15H2,1H3,(H,25,27)(H,26,28). The van der Waals surface area contributed by atoms with Crippen LogP contribution in [0.15, 0.2) is 72.8 Å². The van der Waals surface area contributed by atoms with Gasteiger partial charge in [-0.15, -0.1) is 0 Å². The summed E-state index contributed by atoms with van der Waals surface area (Å²) in [5.41, 5.74) is 4.06. The second kappa shape index (κ2) is 9.20. The topological polar surface area (TPSA) is 58.2 Å². The van der Waals surface area contributed by atoms with Crippen LogP contribution >= 0.6 is 11.6 Å². The maximum Gasteiger partial charge on any atom is 0.251 e. The number of aryl methyl sites for hydroxylation is 1. The van der Waals surface area contributed by atoms with E-state index >= 15 is 0 Å². The van der Waals surface area contributed by atoms with Crippen molar-refractivity contribution in [3.8, 4) is 0 Å². The molecule has 0 aliphatic carbocycles. The van der Waals surface area contributed by atoms with Gasteiger partial charge in [0, 0.05) is 29.2 Å². The van der Waals surface area contributed by atoms with Crippen molar-refractivity contribution in [2.45, 2.75) is 20.0 Å². The minimum atomic E-state index is -0.216. The zero-order chi connectivity index (χ0) is 19.9. The third kappa shape index (κ3) is 4.99. The zero-order valence-electron chi connectivity index (χ0n) is 15.5. The third-order valence-corrected chi connectivity index (χ3v) is 4.88. The van der Waals surface area contributed by atoms with Crippen LogP contribution in [0.3, 0.4) is 0 Å². The molecule has 3 aromatic rings. The number of carbonyl (C=O) groups excluding carboxylic acids is 2. The molecule has 2 N–H and O–H groups in total. The van der Waals surface area contributed by atoms with E-state index in [0.29, 0.717) is 29.2 Å². The van der Waals surface area contributed by atoms with Crippen molar-refractivity contribution in [1.29, 1.82) is 0 Å². The molecule has 0 aliphatic heterocycles. The van der Waals surface area contributed by atoms with Crippen LogP contribution in [0.2, 0.25) is 5.02 Å². The first-order valence-electron chi connectivity index (χ1n) is 8.99. The minimum Gasteiger partial charge on any atom is -0.348 e. The summed E-state index contributed by atoms with van der Waals surface area (Å²) in [6, 6.07) is 21.9. The van der Waals surface area contributed by atoms with Crippen LogP contribution in [-0.4, -0.2) is 11.8 Å². The van der Waals surface area contributed by atoms with Gasteiger partial charge in [-0.1, -0.05) is 54.1 Å². The number of rotatable bonds is 6. The van der Waals surface area contributed by atoms with Crippen molar-refractivity contribution >= 4 is 23.4 Å². The van der Waals surface area contributed by atoms with Crippen LogP contribution in [-0.2, 0) is 13.1 Å². The number of benzene rings is 3. The minimum absolute atomic E-state index is 0.175. The van der Waals surface area contributed by atoms with Crippen LogP contribution < -0.4 is 10.6 Å². The van der Waals surface area contributed by atoms with E-state index in [1.54, 1.807) is 30.3 Å². The lowest BCUT2D eigenvalue weighted by Crippen LogP contribution is -2.24. The summed E-state index contributed by atoms with van der Waals surface area (Å²) in [4.78, 5) is 24.6. The van der Waals surface area contributed by atoms with Gasteiger partial charge in [-0.25, -0.2) is 0 Å². The van der Waals surface area contributed by atoms with Crippen molar-refractivity contribution in [2.75, 3.05) is 0 Å². The van der Waals surface area contributed by atoms with E-state index in [1.165, 1.54) is 0 Å². The Labute approximate surface area is 169 Å². The van der Waals surface area contributed by atoms with Crippen molar-refractivity contribution in [3.63, 3.8) is 0 Å². The first-order chi connectivity index (χ1) is 13.5. The molecule has 5 heteroatoms. The van der Waals surface area contributed by atoms with Gasteiger partial charge in [-0.3, -0.25) is 9.59 Å². The Morgan fingerprint density at radius 3 is 1.71 bits per heavy atom. The Kier molecular flexibility index (Phi) is 6.45. The highest BCUT2D eigenvalue weighted by Gasteiger charge is 2.10. The zero-order valence-corrected chi connectivity index (χ0v) is 16.3.